The summed E-state index contributed by atoms with van der Waals surface area (Å²) in [7, 11) is 0. The molecule has 0 bridgehead atoms. The lowest BCUT2D eigenvalue weighted by Crippen LogP contribution is -2.21. The molecule has 1 aromatic carbocycles. The minimum absolute atomic E-state index is 0.0517. The highest BCUT2D eigenvalue weighted by molar-refractivity contribution is 7.81. The van der Waals surface area contributed by atoms with E-state index in [1.54, 1.807) is 13.0 Å². The van der Waals surface area contributed by atoms with Gasteiger partial charge in [-0.2, -0.15) is 0 Å². The van der Waals surface area contributed by atoms with Crippen LogP contribution >= 0.6 is 35.4 Å². The van der Waals surface area contributed by atoms with Crippen molar-refractivity contribution in [3.63, 3.8) is 0 Å². The second kappa shape index (κ2) is 3.98. The standard InChI is InChI=1S/C11H8Cl2N2OS/c1-3-2-4(14)5-6(9(3)15)11(17)8(13)7(12)10(5)16/h2H,14-15H2,1H3. The number of thiocarbonyl (C=S) groups is 1. The van der Waals surface area contributed by atoms with Crippen LogP contribution < -0.4 is 11.5 Å². The lowest BCUT2D eigenvalue weighted by molar-refractivity contribution is 0.104. The number of hydrogen-bond donors (Lipinski definition) is 2. The van der Waals surface area contributed by atoms with Crippen molar-refractivity contribution in [2.45, 2.75) is 6.92 Å². The van der Waals surface area contributed by atoms with Gasteiger partial charge in [-0.05, 0) is 18.6 Å². The van der Waals surface area contributed by atoms with Crippen LogP contribution in [0.25, 0.3) is 0 Å². The molecule has 6 heteroatoms. The maximum atomic E-state index is 12.0. The van der Waals surface area contributed by atoms with Crippen molar-refractivity contribution in [2.75, 3.05) is 11.5 Å². The minimum atomic E-state index is -0.440. The van der Waals surface area contributed by atoms with Crippen molar-refractivity contribution in [1.29, 1.82) is 0 Å². The summed E-state index contributed by atoms with van der Waals surface area (Å²) < 4.78 is 0. The van der Waals surface area contributed by atoms with Crippen LogP contribution in [0.3, 0.4) is 0 Å². The number of aryl methyl sites for hydroxylation is 1. The molecular formula is C11H8Cl2N2OS. The number of fused-ring (bicyclic) bond motifs is 1. The van der Waals surface area contributed by atoms with E-state index in [1.807, 2.05) is 0 Å². The fourth-order valence-corrected chi connectivity index (χ4v) is 2.50. The van der Waals surface area contributed by atoms with Crippen LogP contribution in [0.4, 0.5) is 11.4 Å². The molecule has 4 N–H and O–H groups in total. The van der Waals surface area contributed by atoms with Gasteiger partial charge in [0.2, 0.25) is 5.78 Å². The van der Waals surface area contributed by atoms with Crippen LogP contribution in [0.5, 0.6) is 0 Å². The van der Waals surface area contributed by atoms with Gasteiger partial charge in [-0.25, -0.2) is 0 Å². The molecule has 0 aromatic heterocycles. The predicted molar refractivity (Wildman–Crippen MR) is 74.8 cm³/mol. The topological polar surface area (TPSA) is 69.1 Å². The average Bonchev–Trinajstić information content (AvgIpc) is 2.28. The number of carbonyl (C=O) groups is 1. The van der Waals surface area contributed by atoms with Crippen LogP contribution in [-0.4, -0.2) is 10.6 Å². The van der Waals surface area contributed by atoms with Crippen molar-refractivity contribution in [3.05, 3.63) is 32.8 Å². The SMILES string of the molecule is Cc1cc(N)c2c(c1N)C(=S)C(Cl)=C(Cl)C2=O. The van der Waals surface area contributed by atoms with Crippen molar-refractivity contribution < 1.29 is 4.79 Å². The van der Waals surface area contributed by atoms with Gasteiger partial charge in [0.25, 0.3) is 0 Å². The van der Waals surface area contributed by atoms with Crippen LogP contribution in [0.1, 0.15) is 21.5 Å². The number of Topliss-reactive ketones (excluding diaryl/α,β-unsaturated/α-hetero) is 1. The fraction of sp³-hybridized carbons (Fsp3) is 0.0909. The Labute approximate surface area is 113 Å². The Kier molecular flexibility index (Phi) is 2.89. The molecule has 0 radical (unpaired) electrons. The highest BCUT2D eigenvalue weighted by atomic mass is 35.5. The number of anilines is 2. The highest BCUT2D eigenvalue weighted by Crippen LogP contribution is 2.38. The maximum Gasteiger partial charge on any atom is 0.208 e. The first-order chi connectivity index (χ1) is 7.86. The molecule has 0 saturated carbocycles. The molecule has 1 aliphatic rings. The molecular weight excluding hydrogens is 279 g/mol. The monoisotopic (exact) mass is 286 g/mol. The molecule has 0 amide bonds. The highest BCUT2D eigenvalue weighted by Gasteiger charge is 2.32. The molecule has 0 heterocycles. The third-order valence-electron chi connectivity index (χ3n) is 2.65. The second-order valence-electron chi connectivity index (χ2n) is 3.73. The number of benzene rings is 1. The molecule has 1 aliphatic carbocycles. The number of allylic oxidation sites excluding steroid dienone is 2. The van der Waals surface area contributed by atoms with E-state index in [9.17, 15) is 4.79 Å². The molecule has 0 atom stereocenters. The molecule has 0 spiro atoms. The lowest BCUT2D eigenvalue weighted by Gasteiger charge is -2.21. The Morgan fingerprint density at radius 2 is 1.76 bits per heavy atom. The Bertz CT molecular complexity index is 608. The van der Waals surface area contributed by atoms with Crippen molar-refractivity contribution in [1.82, 2.24) is 0 Å². The van der Waals surface area contributed by atoms with Gasteiger partial charge in [0.15, 0.2) is 0 Å². The van der Waals surface area contributed by atoms with E-state index >= 15 is 0 Å². The molecule has 3 nitrogen and oxygen atoms in total. The average molecular weight is 287 g/mol. The van der Waals surface area contributed by atoms with E-state index in [2.05, 4.69) is 0 Å². The number of rotatable bonds is 0. The Hall–Kier alpha value is -1.10. The summed E-state index contributed by atoms with van der Waals surface area (Å²) in [4.78, 5) is 12.3. The Morgan fingerprint density at radius 3 is 2.35 bits per heavy atom. The molecule has 0 aliphatic heterocycles. The summed E-state index contributed by atoms with van der Waals surface area (Å²) in [5.41, 5.74) is 13.8. The number of hydrogen-bond acceptors (Lipinski definition) is 4. The first-order valence-corrected chi connectivity index (χ1v) is 5.86. The molecule has 0 saturated heterocycles. The smallest absolute Gasteiger partial charge is 0.208 e. The normalized spacial score (nSPS) is 15.2. The van der Waals surface area contributed by atoms with Crippen molar-refractivity contribution >= 4 is 57.4 Å². The van der Waals surface area contributed by atoms with Crippen LogP contribution in [0.15, 0.2) is 16.1 Å². The zero-order chi connectivity index (χ0) is 12.9. The Balaban J connectivity index is 2.90. The molecule has 17 heavy (non-hydrogen) atoms. The van der Waals surface area contributed by atoms with E-state index in [4.69, 9.17) is 46.9 Å². The summed E-state index contributed by atoms with van der Waals surface area (Å²) in [6, 6.07) is 1.62. The van der Waals surface area contributed by atoms with E-state index in [0.717, 1.165) is 5.56 Å². The number of ketones is 1. The zero-order valence-electron chi connectivity index (χ0n) is 8.80. The van der Waals surface area contributed by atoms with E-state index in [-0.39, 0.29) is 20.5 Å². The van der Waals surface area contributed by atoms with Gasteiger partial charge in [-0.1, -0.05) is 35.4 Å². The van der Waals surface area contributed by atoms with E-state index in [1.165, 1.54) is 0 Å². The lowest BCUT2D eigenvalue weighted by atomic mass is 9.90. The summed E-state index contributed by atoms with van der Waals surface area (Å²) in [5.74, 6) is -0.440. The van der Waals surface area contributed by atoms with Gasteiger partial charge >= 0.3 is 0 Å². The summed E-state index contributed by atoms with van der Waals surface area (Å²) in [5, 5.41) is -0.0602. The molecule has 0 fully saturated rings. The minimum Gasteiger partial charge on any atom is -0.398 e. The first kappa shape index (κ1) is 12.4. The van der Waals surface area contributed by atoms with Gasteiger partial charge in [0.05, 0.1) is 15.5 Å². The number of nitrogen functional groups attached to an aromatic ring is 2. The summed E-state index contributed by atoms with van der Waals surface area (Å²) >= 11 is 16.9. The third-order valence-corrected chi connectivity index (χ3v) is 4.01. The second-order valence-corrected chi connectivity index (χ2v) is 4.90. The van der Waals surface area contributed by atoms with Crippen molar-refractivity contribution in [2.24, 2.45) is 0 Å². The van der Waals surface area contributed by atoms with Crippen LogP contribution in [-0.2, 0) is 0 Å². The van der Waals surface area contributed by atoms with Crippen LogP contribution in [0.2, 0.25) is 0 Å². The van der Waals surface area contributed by atoms with Crippen molar-refractivity contribution in [3.8, 4) is 0 Å². The number of carbonyl (C=O) groups excluding carboxylic acids is 1. The van der Waals surface area contributed by atoms with Gasteiger partial charge in [0.1, 0.15) is 5.03 Å². The first-order valence-electron chi connectivity index (χ1n) is 4.69. The van der Waals surface area contributed by atoms with Crippen LogP contribution in [0, 0.1) is 6.92 Å². The van der Waals surface area contributed by atoms with E-state index < -0.39 is 5.78 Å². The molecule has 88 valence electrons. The molecule has 2 rings (SSSR count). The van der Waals surface area contributed by atoms with Gasteiger partial charge < -0.3 is 11.5 Å². The number of halogens is 2. The van der Waals surface area contributed by atoms with E-state index in [0.29, 0.717) is 16.9 Å². The predicted octanol–water partition coefficient (Wildman–Crippen LogP) is 2.76. The quantitative estimate of drug-likeness (QED) is 0.568. The zero-order valence-corrected chi connectivity index (χ0v) is 11.1. The third kappa shape index (κ3) is 1.64. The Morgan fingerprint density at radius 1 is 1.18 bits per heavy atom. The van der Waals surface area contributed by atoms with Gasteiger partial charge in [0, 0.05) is 16.9 Å². The van der Waals surface area contributed by atoms with Gasteiger partial charge in [-0.3, -0.25) is 4.79 Å². The molecule has 1 aromatic rings. The fourth-order valence-electron chi connectivity index (χ4n) is 1.76. The summed E-state index contributed by atoms with van der Waals surface area (Å²) in [6.45, 7) is 1.78. The summed E-state index contributed by atoms with van der Waals surface area (Å²) in [6.07, 6.45) is 0. The van der Waals surface area contributed by atoms with Gasteiger partial charge in [-0.15, -0.1) is 0 Å². The largest absolute Gasteiger partial charge is 0.398 e. The molecule has 0 unspecified atom stereocenters. The maximum absolute atomic E-state index is 12.0. The number of nitrogens with two attached hydrogens (primary N) is 2.